The number of hydrogen-bond acceptors (Lipinski definition) is 6. The molecule has 2 heterocycles. The zero-order valence-corrected chi connectivity index (χ0v) is 15.3. The Labute approximate surface area is 153 Å². The highest BCUT2D eigenvalue weighted by molar-refractivity contribution is 5.92. The molecule has 3 rings (SSSR count). The fourth-order valence-electron chi connectivity index (χ4n) is 2.93. The number of benzene rings is 1. The lowest BCUT2D eigenvalue weighted by molar-refractivity contribution is -0.126. The Balaban J connectivity index is 2.12. The van der Waals surface area contributed by atoms with Gasteiger partial charge >= 0.3 is 0 Å². The molecule has 0 unspecified atom stereocenters. The molecular formula is C19H23N5O2. The Bertz CT molecular complexity index is 811. The molecule has 7 heteroatoms. The van der Waals surface area contributed by atoms with Crippen molar-refractivity contribution in [2.24, 2.45) is 5.41 Å². The fraction of sp³-hybridized carbons (Fsp3) is 0.474. The predicted octanol–water partition coefficient (Wildman–Crippen LogP) is 2.33. The summed E-state index contributed by atoms with van der Waals surface area (Å²) in [5.41, 5.74) is 0.184. The van der Waals surface area contributed by atoms with Crippen LogP contribution in [-0.2, 0) is 9.53 Å². The summed E-state index contributed by atoms with van der Waals surface area (Å²) in [7, 11) is 0. The van der Waals surface area contributed by atoms with E-state index in [4.69, 9.17) is 4.74 Å². The van der Waals surface area contributed by atoms with Crippen LogP contribution in [-0.4, -0.2) is 46.9 Å². The normalized spacial score (nSPS) is 16.2. The van der Waals surface area contributed by atoms with Gasteiger partial charge in [0.05, 0.1) is 25.0 Å². The highest BCUT2D eigenvalue weighted by atomic mass is 16.5. The standard InChI is InChI=1S/C19H23N5O2/c1-19(2,3)16(25)15(13-20)17-21-22-18(23-9-11-26-12-10-23)24(17)14-7-5-4-6-8-14/h4-8,15H,9-12H2,1-3H3/t15-/m0/s1. The topological polar surface area (TPSA) is 84.0 Å². The third kappa shape index (κ3) is 3.46. The monoisotopic (exact) mass is 353 g/mol. The van der Waals surface area contributed by atoms with Crippen molar-refractivity contribution in [2.45, 2.75) is 26.7 Å². The molecule has 1 fully saturated rings. The molecule has 1 aliphatic rings. The highest BCUT2D eigenvalue weighted by Crippen LogP contribution is 2.30. The number of carbonyl (C=O) groups is 1. The highest BCUT2D eigenvalue weighted by Gasteiger charge is 2.36. The summed E-state index contributed by atoms with van der Waals surface area (Å²) in [6.45, 7) is 8.04. The maximum atomic E-state index is 12.8. The number of para-hydroxylation sites is 1. The van der Waals surface area contributed by atoms with E-state index in [1.54, 1.807) is 0 Å². The summed E-state index contributed by atoms with van der Waals surface area (Å²) in [5, 5.41) is 18.3. The second-order valence-corrected chi connectivity index (χ2v) is 7.30. The molecule has 0 amide bonds. The maximum Gasteiger partial charge on any atom is 0.232 e. The molecule has 0 aliphatic carbocycles. The lowest BCUT2D eigenvalue weighted by Gasteiger charge is -2.28. The predicted molar refractivity (Wildman–Crippen MR) is 97.2 cm³/mol. The number of carbonyl (C=O) groups excluding carboxylic acids is 1. The Morgan fingerprint density at radius 1 is 1.19 bits per heavy atom. The van der Waals surface area contributed by atoms with Crippen LogP contribution >= 0.6 is 0 Å². The number of hydrogen-bond donors (Lipinski definition) is 0. The molecular weight excluding hydrogens is 330 g/mol. The first kappa shape index (κ1) is 18.1. The van der Waals surface area contributed by atoms with Gasteiger partial charge in [0.25, 0.3) is 0 Å². The maximum absolute atomic E-state index is 12.8. The van der Waals surface area contributed by atoms with Crippen LogP contribution in [0.15, 0.2) is 30.3 Å². The van der Waals surface area contributed by atoms with Gasteiger partial charge in [0, 0.05) is 18.5 Å². The molecule has 0 saturated carbocycles. The van der Waals surface area contributed by atoms with E-state index in [1.807, 2.05) is 55.7 Å². The first-order chi connectivity index (χ1) is 12.4. The minimum atomic E-state index is -0.975. The van der Waals surface area contributed by atoms with Crippen LogP contribution < -0.4 is 4.90 Å². The van der Waals surface area contributed by atoms with Crippen LogP contribution in [0.5, 0.6) is 0 Å². The molecule has 1 saturated heterocycles. The minimum absolute atomic E-state index is 0.168. The smallest absolute Gasteiger partial charge is 0.232 e. The Hall–Kier alpha value is -2.72. The quantitative estimate of drug-likeness (QED) is 0.839. The first-order valence-corrected chi connectivity index (χ1v) is 8.71. The molecule has 1 atom stereocenters. The van der Waals surface area contributed by atoms with Crippen LogP contribution in [0.4, 0.5) is 5.95 Å². The van der Waals surface area contributed by atoms with Crippen molar-refractivity contribution in [2.75, 3.05) is 31.2 Å². The van der Waals surface area contributed by atoms with E-state index in [1.165, 1.54) is 0 Å². The zero-order chi connectivity index (χ0) is 18.7. The van der Waals surface area contributed by atoms with E-state index in [0.29, 0.717) is 38.1 Å². The number of ketones is 1. The largest absolute Gasteiger partial charge is 0.378 e. The Kier molecular flexibility index (Phi) is 5.05. The second-order valence-electron chi connectivity index (χ2n) is 7.30. The van der Waals surface area contributed by atoms with Crippen molar-refractivity contribution in [1.29, 1.82) is 5.26 Å². The molecule has 2 aromatic rings. The van der Waals surface area contributed by atoms with Crippen LogP contribution in [0.1, 0.15) is 32.5 Å². The summed E-state index contributed by atoms with van der Waals surface area (Å²) in [6, 6.07) is 11.7. The number of nitriles is 1. The second kappa shape index (κ2) is 7.26. The minimum Gasteiger partial charge on any atom is -0.378 e. The molecule has 0 bridgehead atoms. The van der Waals surface area contributed by atoms with E-state index < -0.39 is 11.3 Å². The lowest BCUT2D eigenvalue weighted by Crippen LogP contribution is -2.38. The van der Waals surface area contributed by atoms with Gasteiger partial charge in [-0.3, -0.25) is 9.36 Å². The average molecular weight is 353 g/mol. The number of aromatic nitrogens is 3. The van der Waals surface area contributed by atoms with Crippen LogP contribution in [0.3, 0.4) is 0 Å². The van der Waals surface area contributed by atoms with Gasteiger partial charge in [-0.25, -0.2) is 0 Å². The van der Waals surface area contributed by atoms with E-state index in [-0.39, 0.29) is 5.78 Å². The van der Waals surface area contributed by atoms with Crippen molar-refractivity contribution in [3.05, 3.63) is 36.2 Å². The van der Waals surface area contributed by atoms with Crippen molar-refractivity contribution < 1.29 is 9.53 Å². The summed E-state index contributed by atoms with van der Waals surface area (Å²) >= 11 is 0. The lowest BCUT2D eigenvalue weighted by atomic mass is 9.83. The van der Waals surface area contributed by atoms with Crippen molar-refractivity contribution in [1.82, 2.24) is 14.8 Å². The van der Waals surface area contributed by atoms with Gasteiger partial charge in [0.1, 0.15) is 0 Å². The van der Waals surface area contributed by atoms with E-state index >= 15 is 0 Å². The summed E-state index contributed by atoms with van der Waals surface area (Å²) in [5.74, 6) is -0.146. The van der Waals surface area contributed by atoms with Crippen LogP contribution in [0.25, 0.3) is 5.69 Å². The fourth-order valence-corrected chi connectivity index (χ4v) is 2.93. The summed E-state index contributed by atoms with van der Waals surface area (Å²) < 4.78 is 7.24. The molecule has 1 aromatic carbocycles. The summed E-state index contributed by atoms with van der Waals surface area (Å²) in [4.78, 5) is 14.9. The van der Waals surface area contributed by atoms with Gasteiger partial charge in [0.15, 0.2) is 17.5 Å². The average Bonchev–Trinajstić information content (AvgIpc) is 3.08. The molecule has 0 N–H and O–H groups in total. The number of nitrogens with zero attached hydrogens (tertiary/aromatic N) is 5. The number of morpholine rings is 1. The van der Waals surface area contributed by atoms with E-state index in [9.17, 15) is 10.1 Å². The number of ether oxygens (including phenoxy) is 1. The van der Waals surface area contributed by atoms with Gasteiger partial charge in [-0.15, -0.1) is 10.2 Å². The molecule has 0 spiro atoms. The van der Waals surface area contributed by atoms with E-state index in [2.05, 4.69) is 21.2 Å². The Morgan fingerprint density at radius 3 is 2.42 bits per heavy atom. The van der Waals surface area contributed by atoms with Crippen LogP contribution in [0, 0.1) is 16.7 Å². The van der Waals surface area contributed by atoms with Gasteiger partial charge in [-0.05, 0) is 12.1 Å². The zero-order valence-electron chi connectivity index (χ0n) is 15.3. The third-order valence-corrected chi connectivity index (χ3v) is 4.37. The van der Waals surface area contributed by atoms with Crippen molar-refractivity contribution in [3.8, 4) is 11.8 Å². The summed E-state index contributed by atoms with van der Waals surface area (Å²) in [6.07, 6.45) is 0. The number of Topliss-reactive ketones (excluding diaryl/α,β-unsaturated/α-hetero) is 1. The molecule has 7 nitrogen and oxygen atoms in total. The SMILES string of the molecule is CC(C)(C)C(=O)[C@H](C#N)c1nnc(N2CCOCC2)n1-c1ccccc1. The molecule has 1 aromatic heterocycles. The van der Waals surface area contributed by atoms with Crippen molar-refractivity contribution >= 4 is 11.7 Å². The molecule has 136 valence electrons. The van der Waals surface area contributed by atoms with Gasteiger partial charge in [0.2, 0.25) is 5.95 Å². The van der Waals surface area contributed by atoms with Gasteiger partial charge in [-0.2, -0.15) is 5.26 Å². The van der Waals surface area contributed by atoms with Gasteiger partial charge < -0.3 is 9.64 Å². The van der Waals surface area contributed by atoms with Crippen molar-refractivity contribution in [3.63, 3.8) is 0 Å². The van der Waals surface area contributed by atoms with E-state index in [0.717, 1.165) is 5.69 Å². The molecule has 1 aliphatic heterocycles. The number of anilines is 1. The number of rotatable bonds is 4. The third-order valence-electron chi connectivity index (χ3n) is 4.37. The molecule has 0 radical (unpaired) electrons. The molecule has 26 heavy (non-hydrogen) atoms. The van der Waals surface area contributed by atoms with Gasteiger partial charge in [-0.1, -0.05) is 39.0 Å². The first-order valence-electron chi connectivity index (χ1n) is 8.71. The Morgan fingerprint density at radius 2 is 1.85 bits per heavy atom. The van der Waals surface area contributed by atoms with Crippen LogP contribution in [0.2, 0.25) is 0 Å².